The fraction of sp³-hybridized carbons (Fsp3) is 0.484. The van der Waals surface area contributed by atoms with Gasteiger partial charge < -0.3 is 19.5 Å². The molecule has 3 aromatic heterocycles. The van der Waals surface area contributed by atoms with Crippen molar-refractivity contribution in [2.75, 3.05) is 53.0 Å². The molecular weight excluding hydrogens is 472 g/mol. The van der Waals surface area contributed by atoms with Crippen LogP contribution in [0, 0.1) is 0 Å². The van der Waals surface area contributed by atoms with Gasteiger partial charge in [-0.2, -0.15) is 0 Å². The van der Waals surface area contributed by atoms with Crippen LogP contribution in [0.2, 0.25) is 0 Å². The molecule has 1 aliphatic heterocycles. The molecule has 1 aromatic carbocycles. The molecule has 6 rings (SSSR count). The van der Waals surface area contributed by atoms with Crippen LogP contribution in [0.4, 0.5) is 0 Å². The van der Waals surface area contributed by atoms with Crippen LogP contribution in [0.15, 0.2) is 54.9 Å². The third-order valence-electron chi connectivity index (χ3n) is 8.36. The monoisotopic (exact) mass is 512 g/mol. The van der Waals surface area contributed by atoms with E-state index in [0.717, 1.165) is 77.3 Å². The molecule has 2 aliphatic rings. The molecule has 4 heterocycles. The lowest BCUT2D eigenvalue weighted by atomic mass is 9.90. The summed E-state index contributed by atoms with van der Waals surface area (Å²) >= 11 is 0. The van der Waals surface area contributed by atoms with Crippen molar-refractivity contribution in [3.8, 4) is 0 Å². The molecule has 1 saturated heterocycles. The summed E-state index contributed by atoms with van der Waals surface area (Å²) in [6.07, 6.45) is 8.62. The van der Waals surface area contributed by atoms with Gasteiger partial charge in [0.1, 0.15) is 0 Å². The number of benzene rings is 1. The highest BCUT2D eigenvalue weighted by Crippen LogP contribution is 2.36. The molecule has 200 valence electrons. The molecule has 7 nitrogen and oxygen atoms in total. The molecule has 7 heteroatoms. The average molecular weight is 513 g/mol. The van der Waals surface area contributed by atoms with E-state index in [1.807, 2.05) is 12.4 Å². The first-order valence-corrected chi connectivity index (χ1v) is 14.3. The van der Waals surface area contributed by atoms with E-state index in [1.165, 1.54) is 39.5 Å². The minimum Gasteiger partial charge on any atom is -0.383 e. The number of pyridine rings is 2. The lowest BCUT2D eigenvalue weighted by molar-refractivity contribution is 0.148. The van der Waals surface area contributed by atoms with Crippen LogP contribution in [0.3, 0.4) is 0 Å². The van der Waals surface area contributed by atoms with Crippen molar-refractivity contribution in [1.82, 2.24) is 29.7 Å². The second-order valence-corrected chi connectivity index (χ2v) is 10.7. The van der Waals surface area contributed by atoms with E-state index < -0.39 is 0 Å². The predicted octanol–water partition coefficient (Wildman–Crippen LogP) is 4.41. The largest absolute Gasteiger partial charge is 0.383 e. The number of aryl methyl sites for hydroxylation is 1. The minimum atomic E-state index is 0.330. The van der Waals surface area contributed by atoms with Gasteiger partial charge in [-0.25, -0.2) is 0 Å². The van der Waals surface area contributed by atoms with Gasteiger partial charge in [0, 0.05) is 81.6 Å². The summed E-state index contributed by atoms with van der Waals surface area (Å²) in [6, 6.07) is 15.6. The predicted molar refractivity (Wildman–Crippen MR) is 153 cm³/mol. The third-order valence-corrected chi connectivity index (χ3v) is 8.36. The highest BCUT2D eigenvalue weighted by atomic mass is 16.5. The first kappa shape index (κ1) is 25.4. The molecule has 0 unspecified atom stereocenters. The molecule has 1 atom stereocenters. The average Bonchev–Trinajstić information content (AvgIpc) is 3.30. The van der Waals surface area contributed by atoms with Crippen LogP contribution in [-0.2, 0) is 24.2 Å². The van der Waals surface area contributed by atoms with Crippen molar-refractivity contribution in [2.24, 2.45) is 0 Å². The van der Waals surface area contributed by atoms with Crippen molar-refractivity contribution in [1.29, 1.82) is 0 Å². The Kier molecular flexibility index (Phi) is 7.97. The zero-order valence-electron chi connectivity index (χ0n) is 22.6. The van der Waals surface area contributed by atoms with Gasteiger partial charge in [-0.05, 0) is 56.0 Å². The van der Waals surface area contributed by atoms with Crippen LogP contribution >= 0.6 is 0 Å². The van der Waals surface area contributed by atoms with Crippen molar-refractivity contribution >= 4 is 21.8 Å². The number of rotatable bonds is 10. The second kappa shape index (κ2) is 11.9. The van der Waals surface area contributed by atoms with Crippen LogP contribution in [0.25, 0.3) is 21.8 Å². The standard InChI is InChI=1S/C31H40N6O/c1-38-22-21-37-28-10-3-2-9-25(28)26-12-14-33-27(31(26)37)23-36(18-6-17-35-19-15-32-16-20-35)29-11-4-7-24-8-5-13-34-30(24)29/h2-3,5,8-10,12-14,29,32H,4,6-7,11,15-23H2,1H3/t29-/m0/s1. The van der Waals surface area contributed by atoms with E-state index in [-0.39, 0.29) is 0 Å². The maximum atomic E-state index is 5.51. The molecule has 0 radical (unpaired) electrons. The lowest BCUT2D eigenvalue weighted by Gasteiger charge is -2.36. The highest BCUT2D eigenvalue weighted by Gasteiger charge is 2.28. The normalized spacial score (nSPS) is 18.4. The minimum absolute atomic E-state index is 0.330. The summed E-state index contributed by atoms with van der Waals surface area (Å²) in [5.74, 6) is 0. The van der Waals surface area contributed by atoms with Gasteiger partial charge in [0.15, 0.2) is 0 Å². The number of nitrogens with one attached hydrogen (secondary N) is 1. The molecule has 0 saturated carbocycles. The summed E-state index contributed by atoms with van der Waals surface area (Å²) < 4.78 is 7.93. The number of aromatic nitrogens is 3. The zero-order chi connectivity index (χ0) is 25.7. The molecule has 1 N–H and O–H groups in total. The van der Waals surface area contributed by atoms with Gasteiger partial charge in [0.2, 0.25) is 0 Å². The van der Waals surface area contributed by atoms with Crippen molar-refractivity contribution in [3.63, 3.8) is 0 Å². The molecule has 0 bridgehead atoms. The summed E-state index contributed by atoms with van der Waals surface area (Å²) in [5, 5.41) is 6.05. The molecule has 38 heavy (non-hydrogen) atoms. The Morgan fingerprint density at radius 2 is 1.89 bits per heavy atom. The van der Waals surface area contributed by atoms with Gasteiger partial charge in [-0.1, -0.05) is 24.3 Å². The topological polar surface area (TPSA) is 58.5 Å². The molecule has 0 spiro atoms. The van der Waals surface area contributed by atoms with Crippen LogP contribution in [0.1, 0.15) is 42.3 Å². The van der Waals surface area contributed by atoms with Crippen molar-refractivity contribution in [3.05, 3.63) is 71.8 Å². The maximum absolute atomic E-state index is 5.51. The Labute approximate surface area is 225 Å². The lowest BCUT2D eigenvalue weighted by Crippen LogP contribution is -2.44. The van der Waals surface area contributed by atoms with Crippen molar-refractivity contribution < 1.29 is 4.74 Å². The van der Waals surface area contributed by atoms with Crippen LogP contribution < -0.4 is 5.32 Å². The quantitative estimate of drug-likeness (QED) is 0.340. The number of piperazine rings is 1. The second-order valence-electron chi connectivity index (χ2n) is 10.7. The van der Waals surface area contributed by atoms with E-state index in [4.69, 9.17) is 14.7 Å². The fourth-order valence-corrected chi connectivity index (χ4v) is 6.51. The Morgan fingerprint density at radius 1 is 1.00 bits per heavy atom. The summed E-state index contributed by atoms with van der Waals surface area (Å²) in [6.45, 7) is 8.99. The number of methoxy groups -OCH3 is 1. The number of hydrogen-bond donors (Lipinski definition) is 1. The molecule has 1 aliphatic carbocycles. The van der Waals surface area contributed by atoms with Gasteiger partial charge in [-0.15, -0.1) is 0 Å². The van der Waals surface area contributed by atoms with Gasteiger partial charge in [0.05, 0.1) is 29.6 Å². The summed E-state index contributed by atoms with van der Waals surface area (Å²) in [7, 11) is 1.78. The highest BCUT2D eigenvalue weighted by molar-refractivity contribution is 6.08. The van der Waals surface area contributed by atoms with Crippen LogP contribution in [0.5, 0.6) is 0 Å². The first-order chi connectivity index (χ1) is 18.8. The van der Waals surface area contributed by atoms with E-state index in [9.17, 15) is 0 Å². The van der Waals surface area contributed by atoms with Gasteiger partial charge >= 0.3 is 0 Å². The number of para-hydroxylation sites is 1. The Bertz CT molecular complexity index is 1360. The van der Waals surface area contributed by atoms with E-state index in [1.54, 1.807) is 7.11 Å². The Hall–Kier alpha value is -2.84. The van der Waals surface area contributed by atoms with E-state index in [0.29, 0.717) is 12.6 Å². The van der Waals surface area contributed by atoms with Crippen molar-refractivity contribution in [2.45, 2.75) is 44.8 Å². The summed E-state index contributed by atoms with van der Waals surface area (Å²) in [4.78, 5) is 15.2. The maximum Gasteiger partial charge on any atom is 0.0787 e. The van der Waals surface area contributed by atoms with Crippen LogP contribution in [-0.4, -0.2) is 77.3 Å². The smallest absolute Gasteiger partial charge is 0.0787 e. The fourth-order valence-electron chi connectivity index (χ4n) is 6.51. The SMILES string of the molecule is COCCn1c2ccccc2c2ccnc(CN(CCCN3CCNCC3)[C@H]3CCCc4cccnc43)c21. The van der Waals surface area contributed by atoms with E-state index >= 15 is 0 Å². The number of nitrogens with zero attached hydrogens (tertiary/aromatic N) is 5. The van der Waals surface area contributed by atoms with Gasteiger partial charge in [-0.3, -0.25) is 14.9 Å². The zero-order valence-corrected chi connectivity index (χ0v) is 22.6. The number of ether oxygens (including phenoxy) is 1. The number of fused-ring (bicyclic) bond motifs is 4. The summed E-state index contributed by atoms with van der Waals surface area (Å²) in [5.41, 5.74) is 6.34. The molecule has 1 fully saturated rings. The third kappa shape index (κ3) is 5.21. The Balaban J connectivity index is 1.35. The first-order valence-electron chi connectivity index (χ1n) is 14.3. The van der Waals surface area contributed by atoms with Gasteiger partial charge in [0.25, 0.3) is 0 Å². The number of hydrogen-bond acceptors (Lipinski definition) is 6. The molecule has 0 amide bonds. The Morgan fingerprint density at radius 3 is 2.79 bits per heavy atom. The molecule has 4 aromatic rings. The molecular formula is C31H40N6O. The van der Waals surface area contributed by atoms with E-state index in [2.05, 4.69) is 62.1 Å².